The van der Waals surface area contributed by atoms with Crippen molar-refractivity contribution in [3.8, 4) is 55.6 Å². The zero-order valence-corrected chi connectivity index (χ0v) is 43.3. The predicted octanol–water partition coefficient (Wildman–Crippen LogP) is 20.1. The standard InChI is InChI=1S/C32H26.C30H28.C8H10.C2H6/c1-23-16-18-24(19-17-23)25-20-21-29-28-14-8-9-15-30(28)32(31(29)22-25,26-10-4-2-5-11-26)27-12-6-3-7-13-27;1-21-13-15-23(16-14-21)24-17-19-25(20-18-24)28-11-6-12-29(30(28)26-8-5-9-26)27-10-4-3-7-22(27)2;1-2-8-6-4-3-5-7-8;1-2/h2,4-6,8-22H,3,7H2,1H3;3-4,6-7,10-20,26H,5,8-9H2,1-2H3;3-7H,2H2,1H3;1-2H3. The molecule has 72 heavy (non-hydrogen) atoms. The van der Waals surface area contributed by atoms with Crippen molar-refractivity contribution >= 4 is 0 Å². The number of fused-ring (bicyclic) bond motifs is 3. The molecule has 0 radical (unpaired) electrons. The number of benzene rings is 9. The quantitative estimate of drug-likeness (QED) is 0.142. The van der Waals surface area contributed by atoms with E-state index in [1.54, 1.807) is 5.56 Å². The Bertz CT molecular complexity index is 3250. The number of aryl methyl sites for hydroxylation is 4. The molecule has 12 rings (SSSR count). The molecule has 9 aromatic carbocycles. The lowest BCUT2D eigenvalue weighted by Gasteiger charge is -2.35. The first-order chi connectivity index (χ1) is 35.4. The molecule has 0 heterocycles. The van der Waals surface area contributed by atoms with Gasteiger partial charge >= 0.3 is 0 Å². The van der Waals surface area contributed by atoms with Gasteiger partial charge in [0.15, 0.2) is 0 Å². The highest BCUT2D eigenvalue weighted by molar-refractivity contribution is 5.89. The molecule has 1 saturated carbocycles. The first kappa shape index (κ1) is 49.4. The van der Waals surface area contributed by atoms with Crippen LogP contribution in [0.4, 0.5) is 0 Å². The van der Waals surface area contributed by atoms with E-state index in [1.165, 1.54) is 119 Å². The van der Waals surface area contributed by atoms with Gasteiger partial charge in [-0.2, -0.15) is 0 Å². The Hall–Kier alpha value is -7.54. The van der Waals surface area contributed by atoms with Crippen molar-refractivity contribution in [1.82, 2.24) is 0 Å². The lowest BCUT2D eigenvalue weighted by Crippen LogP contribution is -2.29. The maximum absolute atomic E-state index is 2.46. The number of rotatable bonds is 8. The molecule has 0 aliphatic heterocycles. The summed E-state index contributed by atoms with van der Waals surface area (Å²) in [6.45, 7) is 12.7. The average molecular weight is 935 g/mol. The Kier molecular flexibility index (Phi) is 15.9. The second-order valence-corrected chi connectivity index (χ2v) is 19.4. The smallest absolute Gasteiger partial charge is 0.0710 e. The lowest BCUT2D eigenvalue weighted by molar-refractivity contribution is 0.421. The minimum atomic E-state index is -0.287. The zero-order valence-electron chi connectivity index (χ0n) is 43.3. The molecule has 9 aromatic rings. The predicted molar refractivity (Wildman–Crippen MR) is 311 cm³/mol. The van der Waals surface area contributed by atoms with Gasteiger partial charge in [-0.05, 0) is 159 Å². The van der Waals surface area contributed by atoms with Crippen LogP contribution in [0.15, 0.2) is 242 Å². The van der Waals surface area contributed by atoms with Crippen LogP contribution in [0, 0.1) is 20.8 Å². The Morgan fingerprint density at radius 1 is 0.431 bits per heavy atom. The molecule has 0 aromatic heterocycles. The number of hydrogen-bond donors (Lipinski definition) is 0. The molecule has 0 nitrogen and oxygen atoms in total. The van der Waals surface area contributed by atoms with Gasteiger partial charge in [0.2, 0.25) is 0 Å². The molecule has 0 N–H and O–H groups in total. The van der Waals surface area contributed by atoms with E-state index in [2.05, 4.69) is 258 Å². The molecular weight excluding hydrogens is 865 g/mol. The molecule has 0 amide bonds. The van der Waals surface area contributed by atoms with Gasteiger partial charge in [0, 0.05) is 0 Å². The van der Waals surface area contributed by atoms with Gasteiger partial charge < -0.3 is 0 Å². The average Bonchev–Trinajstić information content (AvgIpc) is 3.73. The summed E-state index contributed by atoms with van der Waals surface area (Å²) in [7, 11) is 0. The van der Waals surface area contributed by atoms with Crippen molar-refractivity contribution in [1.29, 1.82) is 0 Å². The topological polar surface area (TPSA) is 0 Å². The minimum absolute atomic E-state index is 0.287. The zero-order chi connectivity index (χ0) is 49.9. The van der Waals surface area contributed by atoms with E-state index in [0.29, 0.717) is 5.92 Å². The van der Waals surface area contributed by atoms with Crippen LogP contribution in [0.2, 0.25) is 0 Å². The van der Waals surface area contributed by atoms with Crippen LogP contribution in [0.3, 0.4) is 0 Å². The SMILES string of the molecule is CC.CCc1ccccc1.Cc1ccc(-c2ccc(-c3cccc(-c4ccccc4C)c3C3CCC3)cc2)cc1.Cc1ccc(-c2ccc3c(c2)C(C2=CCCC=C2)(c2ccccc2)c2ccccc2-3)cc1. The van der Waals surface area contributed by atoms with E-state index in [9.17, 15) is 0 Å². The van der Waals surface area contributed by atoms with Crippen molar-refractivity contribution in [3.05, 3.63) is 287 Å². The van der Waals surface area contributed by atoms with Crippen LogP contribution in [0.5, 0.6) is 0 Å². The van der Waals surface area contributed by atoms with Gasteiger partial charge in [-0.3, -0.25) is 0 Å². The van der Waals surface area contributed by atoms with Crippen LogP contribution in [-0.4, -0.2) is 0 Å². The van der Waals surface area contributed by atoms with E-state index < -0.39 is 0 Å². The van der Waals surface area contributed by atoms with Gasteiger partial charge in [0.25, 0.3) is 0 Å². The summed E-state index contributed by atoms with van der Waals surface area (Å²) in [5.41, 5.74) is 25.4. The maximum atomic E-state index is 2.46. The second-order valence-electron chi connectivity index (χ2n) is 19.4. The summed E-state index contributed by atoms with van der Waals surface area (Å²) < 4.78 is 0. The summed E-state index contributed by atoms with van der Waals surface area (Å²) in [5.74, 6) is 0.674. The molecular formula is C72H70. The lowest BCUT2D eigenvalue weighted by atomic mass is 9.66. The molecule has 3 aliphatic rings. The van der Waals surface area contributed by atoms with Crippen molar-refractivity contribution in [2.24, 2.45) is 0 Å². The van der Waals surface area contributed by atoms with Crippen LogP contribution in [0.25, 0.3) is 55.6 Å². The largest absolute Gasteiger partial charge is 0.0839 e. The van der Waals surface area contributed by atoms with Crippen molar-refractivity contribution in [3.63, 3.8) is 0 Å². The molecule has 0 spiro atoms. The summed E-state index contributed by atoms with van der Waals surface area (Å²) in [6.07, 6.45) is 14.5. The third-order valence-electron chi connectivity index (χ3n) is 15.0. The van der Waals surface area contributed by atoms with E-state index in [0.717, 1.165) is 19.3 Å². The summed E-state index contributed by atoms with van der Waals surface area (Å²) in [5, 5.41) is 0. The first-order valence-electron chi connectivity index (χ1n) is 26.6. The molecule has 0 saturated heterocycles. The van der Waals surface area contributed by atoms with Gasteiger partial charge in [0.1, 0.15) is 0 Å². The van der Waals surface area contributed by atoms with Crippen molar-refractivity contribution in [2.75, 3.05) is 0 Å². The highest BCUT2D eigenvalue weighted by atomic mass is 14.5. The van der Waals surface area contributed by atoms with Gasteiger partial charge in [0.05, 0.1) is 5.41 Å². The fraction of sp³-hybridized carbons (Fsp3) is 0.194. The van der Waals surface area contributed by atoms with Gasteiger partial charge in [-0.15, -0.1) is 0 Å². The van der Waals surface area contributed by atoms with Gasteiger partial charge in [-0.1, -0.05) is 269 Å². The second kappa shape index (κ2) is 23.1. The van der Waals surface area contributed by atoms with E-state index >= 15 is 0 Å². The fourth-order valence-electron chi connectivity index (χ4n) is 10.9. The van der Waals surface area contributed by atoms with Crippen LogP contribution in [0.1, 0.15) is 103 Å². The maximum Gasteiger partial charge on any atom is 0.0710 e. The van der Waals surface area contributed by atoms with E-state index in [-0.39, 0.29) is 5.41 Å². The monoisotopic (exact) mass is 935 g/mol. The molecule has 1 atom stereocenters. The molecule has 3 aliphatic carbocycles. The van der Waals surface area contributed by atoms with Crippen LogP contribution >= 0.6 is 0 Å². The third-order valence-corrected chi connectivity index (χ3v) is 15.0. The van der Waals surface area contributed by atoms with E-state index in [1.807, 2.05) is 19.9 Å². The number of hydrogen-bond acceptors (Lipinski definition) is 0. The Morgan fingerprint density at radius 3 is 1.53 bits per heavy atom. The minimum Gasteiger partial charge on any atom is -0.0839 e. The first-order valence-corrected chi connectivity index (χ1v) is 26.6. The molecule has 358 valence electrons. The normalized spacial score (nSPS) is 15.2. The van der Waals surface area contributed by atoms with Crippen LogP contribution < -0.4 is 0 Å². The third kappa shape index (κ3) is 10.3. The molecule has 0 bridgehead atoms. The summed E-state index contributed by atoms with van der Waals surface area (Å²) in [6, 6.07) is 80.0. The Balaban J connectivity index is 0.000000150. The van der Waals surface area contributed by atoms with E-state index in [4.69, 9.17) is 0 Å². The number of allylic oxidation sites excluding steroid dienone is 4. The van der Waals surface area contributed by atoms with Crippen molar-refractivity contribution in [2.45, 2.75) is 91.4 Å². The fourth-order valence-corrected chi connectivity index (χ4v) is 10.9. The molecule has 1 unspecified atom stereocenters. The molecule has 1 fully saturated rings. The van der Waals surface area contributed by atoms with Crippen molar-refractivity contribution < 1.29 is 0 Å². The molecule has 0 heteroatoms. The van der Waals surface area contributed by atoms with Crippen LogP contribution in [-0.2, 0) is 11.8 Å². The summed E-state index contributed by atoms with van der Waals surface area (Å²) in [4.78, 5) is 0. The summed E-state index contributed by atoms with van der Waals surface area (Å²) >= 11 is 0. The van der Waals surface area contributed by atoms with Gasteiger partial charge in [-0.25, -0.2) is 0 Å². The Labute approximate surface area is 431 Å². The Morgan fingerprint density at radius 2 is 0.944 bits per heavy atom. The highest BCUT2D eigenvalue weighted by Gasteiger charge is 2.46. The highest BCUT2D eigenvalue weighted by Crippen LogP contribution is 2.57.